The molecule has 0 amide bonds. The molecule has 0 saturated heterocycles. The summed E-state index contributed by atoms with van der Waals surface area (Å²) in [7, 11) is 2.01. The lowest BCUT2D eigenvalue weighted by Crippen LogP contribution is -2.33. The van der Waals surface area contributed by atoms with Crippen LogP contribution in [0.2, 0.25) is 0 Å². The molecule has 2 aromatic heterocycles. The standard InChI is InChI=1S/C15H22N4/c1-4-16-14(10-13-7-5-6-8-17-13)11-15-9-12(2)18-19(15)3/h5-9,14,16H,4,10-11H2,1-3H3. The van der Waals surface area contributed by atoms with Gasteiger partial charge in [0.2, 0.25) is 0 Å². The van der Waals surface area contributed by atoms with Crippen LogP contribution in [0, 0.1) is 6.92 Å². The van der Waals surface area contributed by atoms with E-state index in [1.54, 1.807) is 0 Å². The number of pyridine rings is 1. The molecule has 1 N–H and O–H groups in total. The molecule has 4 nitrogen and oxygen atoms in total. The van der Waals surface area contributed by atoms with Crippen LogP contribution in [0.5, 0.6) is 0 Å². The Bertz CT molecular complexity index is 504. The van der Waals surface area contributed by atoms with Gasteiger partial charge in [-0.25, -0.2) is 0 Å². The van der Waals surface area contributed by atoms with Crippen LogP contribution in [0.4, 0.5) is 0 Å². The number of nitrogens with zero attached hydrogens (tertiary/aromatic N) is 3. The van der Waals surface area contributed by atoms with Crippen LogP contribution in [0.25, 0.3) is 0 Å². The molecule has 0 aliphatic rings. The van der Waals surface area contributed by atoms with Gasteiger partial charge in [-0.15, -0.1) is 0 Å². The molecule has 0 fully saturated rings. The van der Waals surface area contributed by atoms with Crippen LogP contribution in [-0.2, 0) is 19.9 Å². The lowest BCUT2D eigenvalue weighted by Gasteiger charge is -2.17. The molecular formula is C15H22N4. The molecule has 19 heavy (non-hydrogen) atoms. The van der Waals surface area contributed by atoms with Gasteiger partial charge in [0.15, 0.2) is 0 Å². The van der Waals surface area contributed by atoms with E-state index in [2.05, 4.69) is 34.5 Å². The van der Waals surface area contributed by atoms with E-state index in [4.69, 9.17) is 0 Å². The molecule has 4 heteroatoms. The Hall–Kier alpha value is -1.68. The number of rotatable bonds is 6. The van der Waals surface area contributed by atoms with Crippen molar-refractivity contribution in [1.82, 2.24) is 20.1 Å². The molecule has 2 heterocycles. The highest BCUT2D eigenvalue weighted by Gasteiger charge is 2.13. The van der Waals surface area contributed by atoms with E-state index in [0.29, 0.717) is 6.04 Å². The fourth-order valence-electron chi connectivity index (χ4n) is 2.38. The largest absolute Gasteiger partial charge is 0.313 e. The van der Waals surface area contributed by atoms with Crippen LogP contribution in [0.15, 0.2) is 30.5 Å². The minimum atomic E-state index is 0.398. The van der Waals surface area contributed by atoms with Crippen molar-refractivity contribution in [2.45, 2.75) is 32.7 Å². The quantitative estimate of drug-likeness (QED) is 0.860. The summed E-state index contributed by atoms with van der Waals surface area (Å²) in [4.78, 5) is 4.41. The van der Waals surface area contributed by atoms with Crippen molar-refractivity contribution in [2.75, 3.05) is 6.54 Å². The van der Waals surface area contributed by atoms with Crippen LogP contribution >= 0.6 is 0 Å². The zero-order valence-electron chi connectivity index (χ0n) is 11.9. The molecule has 2 rings (SSSR count). The Morgan fingerprint density at radius 1 is 1.32 bits per heavy atom. The van der Waals surface area contributed by atoms with Gasteiger partial charge in [-0.1, -0.05) is 13.0 Å². The molecule has 0 bridgehead atoms. The third-order valence-corrected chi connectivity index (χ3v) is 3.23. The maximum atomic E-state index is 4.41. The van der Waals surface area contributed by atoms with E-state index in [-0.39, 0.29) is 0 Å². The van der Waals surface area contributed by atoms with Crippen LogP contribution in [0.1, 0.15) is 24.0 Å². The van der Waals surface area contributed by atoms with E-state index >= 15 is 0 Å². The van der Waals surface area contributed by atoms with Gasteiger partial charge in [-0.2, -0.15) is 5.10 Å². The van der Waals surface area contributed by atoms with Gasteiger partial charge in [0.25, 0.3) is 0 Å². The van der Waals surface area contributed by atoms with Crippen molar-refractivity contribution in [3.8, 4) is 0 Å². The van der Waals surface area contributed by atoms with Gasteiger partial charge in [0, 0.05) is 43.5 Å². The number of hydrogen-bond acceptors (Lipinski definition) is 3. The van der Waals surface area contributed by atoms with Gasteiger partial charge < -0.3 is 5.32 Å². The Morgan fingerprint density at radius 2 is 2.16 bits per heavy atom. The van der Waals surface area contributed by atoms with Gasteiger partial charge >= 0.3 is 0 Å². The van der Waals surface area contributed by atoms with Crippen molar-refractivity contribution in [2.24, 2.45) is 7.05 Å². The SMILES string of the molecule is CCNC(Cc1ccccn1)Cc1cc(C)nn1C. The first kappa shape index (κ1) is 13.7. The molecule has 102 valence electrons. The number of nitrogens with one attached hydrogen (secondary N) is 1. The van der Waals surface area contributed by atoms with E-state index < -0.39 is 0 Å². The third-order valence-electron chi connectivity index (χ3n) is 3.23. The summed E-state index contributed by atoms with van der Waals surface area (Å²) in [5.41, 5.74) is 3.47. The first-order chi connectivity index (χ1) is 9.19. The van der Waals surface area contributed by atoms with E-state index in [0.717, 1.165) is 30.8 Å². The molecule has 0 aliphatic carbocycles. The molecule has 0 radical (unpaired) electrons. The van der Waals surface area contributed by atoms with Crippen LogP contribution in [0.3, 0.4) is 0 Å². The predicted molar refractivity (Wildman–Crippen MR) is 77.1 cm³/mol. The minimum Gasteiger partial charge on any atom is -0.313 e. The van der Waals surface area contributed by atoms with Crippen LogP contribution < -0.4 is 5.32 Å². The molecule has 0 aliphatic heterocycles. The summed E-state index contributed by atoms with van der Waals surface area (Å²) in [5, 5.41) is 7.94. The van der Waals surface area contributed by atoms with E-state index in [9.17, 15) is 0 Å². The van der Waals surface area contributed by atoms with E-state index in [1.807, 2.05) is 37.0 Å². The summed E-state index contributed by atoms with van der Waals surface area (Å²) in [6.45, 7) is 5.14. The van der Waals surface area contributed by atoms with Crippen molar-refractivity contribution >= 4 is 0 Å². The molecule has 1 atom stereocenters. The first-order valence-electron chi connectivity index (χ1n) is 6.82. The zero-order chi connectivity index (χ0) is 13.7. The fourth-order valence-corrected chi connectivity index (χ4v) is 2.38. The summed E-state index contributed by atoms with van der Waals surface area (Å²) < 4.78 is 1.97. The normalized spacial score (nSPS) is 12.6. The van der Waals surface area contributed by atoms with Gasteiger partial charge in [-0.05, 0) is 31.7 Å². The van der Waals surface area contributed by atoms with Crippen molar-refractivity contribution in [3.63, 3.8) is 0 Å². The van der Waals surface area contributed by atoms with Crippen molar-refractivity contribution in [3.05, 3.63) is 47.5 Å². The highest BCUT2D eigenvalue weighted by Crippen LogP contribution is 2.09. The second kappa shape index (κ2) is 6.48. The lowest BCUT2D eigenvalue weighted by molar-refractivity contribution is 0.500. The number of aromatic nitrogens is 3. The number of hydrogen-bond donors (Lipinski definition) is 1. The monoisotopic (exact) mass is 258 g/mol. The van der Waals surface area contributed by atoms with Crippen LogP contribution in [-0.4, -0.2) is 27.4 Å². The average Bonchev–Trinajstić information content (AvgIpc) is 2.69. The number of aryl methyl sites for hydroxylation is 2. The molecule has 0 saturated carbocycles. The van der Waals surface area contributed by atoms with E-state index in [1.165, 1.54) is 5.69 Å². The smallest absolute Gasteiger partial charge is 0.0596 e. The third kappa shape index (κ3) is 3.89. The van der Waals surface area contributed by atoms with Crippen molar-refractivity contribution in [1.29, 1.82) is 0 Å². The molecular weight excluding hydrogens is 236 g/mol. The Balaban J connectivity index is 2.06. The first-order valence-corrected chi connectivity index (χ1v) is 6.82. The molecule has 2 aromatic rings. The highest BCUT2D eigenvalue weighted by molar-refractivity contribution is 5.12. The maximum absolute atomic E-state index is 4.41. The van der Waals surface area contributed by atoms with Gasteiger partial charge in [-0.3, -0.25) is 9.67 Å². The Labute approximate surface area is 114 Å². The summed E-state index contributed by atoms with van der Waals surface area (Å²) >= 11 is 0. The average molecular weight is 258 g/mol. The predicted octanol–water partition coefficient (Wildman–Crippen LogP) is 1.89. The fraction of sp³-hybridized carbons (Fsp3) is 0.467. The van der Waals surface area contributed by atoms with Gasteiger partial charge in [0.05, 0.1) is 5.69 Å². The molecule has 0 spiro atoms. The minimum absolute atomic E-state index is 0.398. The topological polar surface area (TPSA) is 42.7 Å². The van der Waals surface area contributed by atoms with Crippen molar-refractivity contribution < 1.29 is 0 Å². The number of likely N-dealkylation sites (N-methyl/N-ethyl adjacent to an activating group) is 1. The summed E-state index contributed by atoms with van der Waals surface area (Å²) in [6.07, 6.45) is 3.77. The lowest BCUT2D eigenvalue weighted by atomic mass is 10.0. The second-order valence-corrected chi connectivity index (χ2v) is 4.88. The zero-order valence-corrected chi connectivity index (χ0v) is 11.9. The Morgan fingerprint density at radius 3 is 2.74 bits per heavy atom. The molecule has 0 aromatic carbocycles. The highest BCUT2D eigenvalue weighted by atomic mass is 15.3. The molecule has 1 unspecified atom stereocenters. The maximum Gasteiger partial charge on any atom is 0.0596 e. The summed E-state index contributed by atoms with van der Waals surface area (Å²) in [5.74, 6) is 0. The Kier molecular flexibility index (Phi) is 4.68. The second-order valence-electron chi connectivity index (χ2n) is 4.88. The van der Waals surface area contributed by atoms with Gasteiger partial charge in [0.1, 0.15) is 0 Å². The summed E-state index contributed by atoms with van der Waals surface area (Å²) in [6, 6.07) is 8.63.